The zero-order valence-electron chi connectivity index (χ0n) is 20.3. The number of aromatic nitrogens is 1. The molecule has 184 valence electrons. The van der Waals surface area contributed by atoms with Gasteiger partial charge in [-0.1, -0.05) is 0 Å². The fraction of sp³-hybridized carbons (Fsp3) is 0.560. The number of benzene rings is 1. The number of carboxylic acids is 1. The summed E-state index contributed by atoms with van der Waals surface area (Å²) in [4.78, 5) is 38.5. The second kappa shape index (κ2) is 8.60. The zero-order valence-corrected chi connectivity index (χ0v) is 20.3. The highest BCUT2D eigenvalue weighted by atomic mass is 19.1. The fourth-order valence-electron chi connectivity index (χ4n) is 4.86. The minimum Gasteiger partial charge on any atom is -0.477 e. The molecule has 0 bridgehead atoms. The lowest BCUT2D eigenvalue weighted by Gasteiger charge is -2.26. The number of nitrogens with one attached hydrogen (secondary N) is 1. The normalized spacial score (nSPS) is 19.4. The van der Waals surface area contributed by atoms with Crippen LogP contribution in [-0.4, -0.2) is 46.5 Å². The van der Waals surface area contributed by atoms with Gasteiger partial charge in [-0.25, -0.2) is 14.0 Å². The molecule has 1 saturated heterocycles. The minimum absolute atomic E-state index is 0.0984. The number of halogens is 1. The van der Waals surface area contributed by atoms with Gasteiger partial charge in [0.1, 0.15) is 17.0 Å². The Morgan fingerprint density at radius 3 is 2.53 bits per heavy atom. The van der Waals surface area contributed by atoms with Crippen LogP contribution in [-0.2, 0) is 4.74 Å². The molecule has 2 aliphatic rings. The molecule has 1 aliphatic heterocycles. The number of pyridine rings is 1. The molecular formula is C25H32FN3O5. The first kappa shape index (κ1) is 24.0. The van der Waals surface area contributed by atoms with E-state index in [-0.39, 0.29) is 29.0 Å². The predicted octanol–water partition coefficient (Wildman–Crippen LogP) is 4.22. The highest BCUT2D eigenvalue weighted by molar-refractivity contribution is 5.95. The summed E-state index contributed by atoms with van der Waals surface area (Å²) in [6, 6.07) is 1.13. The summed E-state index contributed by atoms with van der Waals surface area (Å²) in [7, 11) is 0. The minimum atomic E-state index is -1.31. The lowest BCUT2D eigenvalue weighted by molar-refractivity contribution is 0.0494. The molecule has 1 aliphatic carbocycles. The third-order valence-electron chi connectivity index (χ3n) is 6.64. The molecule has 2 fully saturated rings. The number of rotatable bonds is 5. The van der Waals surface area contributed by atoms with Gasteiger partial charge in [-0.05, 0) is 71.4 Å². The Labute approximate surface area is 197 Å². The van der Waals surface area contributed by atoms with Crippen LogP contribution in [0.2, 0.25) is 0 Å². The molecule has 4 rings (SSSR count). The number of carbonyl (C=O) groups excluding carboxylic acids is 1. The Hall–Kier alpha value is -3.10. The van der Waals surface area contributed by atoms with Gasteiger partial charge in [0.2, 0.25) is 5.43 Å². The molecule has 9 heteroatoms. The summed E-state index contributed by atoms with van der Waals surface area (Å²) in [5.41, 5.74) is 0.0592. The molecule has 1 aromatic carbocycles. The van der Waals surface area contributed by atoms with Crippen molar-refractivity contribution < 1.29 is 23.8 Å². The molecule has 34 heavy (non-hydrogen) atoms. The molecule has 0 unspecified atom stereocenters. The van der Waals surface area contributed by atoms with Crippen molar-refractivity contribution in [2.75, 3.05) is 18.0 Å². The Bertz CT molecular complexity index is 1210. The van der Waals surface area contributed by atoms with Crippen LogP contribution >= 0.6 is 0 Å². The number of hydrogen-bond acceptors (Lipinski definition) is 5. The van der Waals surface area contributed by atoms with E-state index in [0.717, 1.165) is 19.3 Å². The van der Waals surface area contributed by atoms with Gasteiger partial charge in [-0.2, -0.15) is 0 Å². The average Bonchev–Trinajstić information content (AvgIpc) is 3.44. The second-order valence-corrected chi connectivity index (χ2v) is 10.5. The van der Waals surface area contributed by atoms with E-state index in [1.165, 1.54) is 12.3 Å². The van der Waals surface area contributed by atoms with Gasteiger partial charge in [0.25, 0.3) is 0 Å². The molecule has 8 nitrogen and oxygen atoms in total. The van der Waals surface area contributed by atoms with E-state index in [1.54, 1.807) is 27.7 Å². The molecule has 2 aromatic rings. The number of ether oxygens (including phenoxy) is 1. The first-order valence-corrected chi connectivity index (χ1v) is 11.7. The van der Waals surface area contributed by atoms with Crippen molar-refractivity contribution in [1.82, 2.24) is 9.88 Å². The lowest BCUT2D eigenvalue weighted by atomic mass is 10.0. The van der Waals surface area contributed by atoms with Crippen molar-refractivity contribution >= 4 is 28.7 Å². The molecule has 0 radical (unpaired) electrons. The number of hydrogen-bond donors (Lipinski definition) is 2. The maximum Gasteiger partial charge on any atom is 0.407 e. The number of anilines is 1. The van der Waals surface area contributed by atoms with Gasteiger partial charge in [-0.15, -0.1) is 0 Å². The quantitative estimate of drug-likeness (QED) is 0.674. The van der Waals surface area contributed by atoms with Gasteiger partial charge >= 0.3 is 12.1 Å². The summed E-state index contributed by atoms with van der Waals surface area (Å²) in [5.74, 6) is -1.75. The van der Waals surface area contributed by atoms with Crippen molar-refractivity contribution in [2.24, 2.45) is 5.92 Å². The monoisotopic (exact) mass is 473 g/mol. The van der Waals surface area contributed by atoms with E-state index < -0.39 is 28.9 Å². The predicted molar refractivity (Wildman–Crippen MR) is 127 cm³/mol. The smallest absolute Gasteiger partial charge is 0.407 e. The SMILES string of the molecule is Cc1c(N2CC[C@@H]([C@H](C)NC(=O)OC(C)(C)C)C2)c(F)cc2c(=O)c(C(=O)O)cn(C3CC3)c12. The first-order chi connectivity index (χ1) is 15.9. The molecule has 1 amide bonds. The van der Waals surface area contributed by atoms with Crippen molar-refractivity contribution in [3.05, 3.63) is 39.4 Å². The molecule has 1 aromatic heterocycles. The summed E-state index contributed by atoms with van der Waals surface area (Å²) in [6.45, 7) is 10.3. The van der Waals surface area contributed by atoms with Crippen LogP contribution in [0.3, 0.4) is 0 Å². The molecule has 2 heterocycles. The van der Waals surface area contributed by atoms with E-state index in [4.69, 9.17) is 4.74 Å². The van der Waals surface area contributed by atoms with Crippen LogP contribution < -0.4 is 15.6 Å². The van der Waals surface area contributed by atoms with Crippen molar-refractivity contribution in [1.29, 1.82) is 0 Å². The topological polar surface area (TPSA) is 101 Å². The Morgan fingerprint density at radius 1 is 1.26 bits per heavy atom. The van der Waals surface area contributed by atoms with Gasteiger partial charge in [-0.3, -0.25) is 4.79 Å². The number of amides is 1. The number of carboxylic acid groups (broad SMARTS) is 1. The Kier molecular flexibility index (Phi) is 6.08. The number of aromatic carboxylic acids is 1. The fourth-order valence-corrected chi connectivity index (χ4v) is 4.86. The Morgan fingerprint density at radius 2 is 1.94 bits per heavy atom. The van der Waals surface area contributed by atoms with Crippen LogP contribution in [0.15, 0.2) is 17.1 Å². The van der Waals surface area contributed by atoms with Crippen molar-refractivity contribution in [3.63, 3.8) is 0 Å². The highest BCUT2D eigenvalue weighted by Crippen LogP contribution is 2.40. The van der Waals surface area contributed by atoms with Gasteiger partial charge in [0, 0.05) is 36.8 Å². The number of fused-ring (bicyclic) bond motifs is 1. The lowest BCUT2D eigenvalue weighted by Crippen LogP contribution is -2.42. The second-order valence-electron chi connectivity index (χ2n) is 10.5. The molecular weight excluding hydrogens is 441 g/mol. The third kappa shape index (κ3) is 4.60. The van der Waals surface area contributed by atoms with Gasteiger partial charge in [0.15, 0.2) is 0 Å². The van der Waals surface area contributed by atoms with Crippen molar-refractivity contribution in [2.45, 2.75) is 71.6 Å². The van der Waals surface area contributed by atoms with E-state index >= 15 is 4.39 Å². The van der Waals surface area contributed by atoms with E-state index in [1.807, 2.05) is 16.4 Å². The van der Waals surface area contributed by atoms with Gasteiger partial charge < -0.3 is 24.6 Å². The molecule has 2 N–H and O–H groups in total. The molecule has 0 spiro atoms. The number of aryl methyl sites for hydroxylation is 1. The van der Waals surface area contributed by atoms with Crippen LogP contribution in [0.25, 0.3) is 10.9 Å². The maximum absolute atomic E-state index is 15.4. The summed E-state index contributed by atoms with van der Waals surface area (Å²) in [6.07, 6.45) is 3.47. The highest BCUT2D eigenvalue weighted by Gasteiger charge is 2.33. The van der Waals surface area contributed by atoms with E-state index in [2.05, 4.69) is 5.32 Å². The number of alkyl carbamates (subject to hydrolysis) is 1. The largest absolute Gasteiger partial charge is 0.477 e. The third-order valence-corrected chi connectivity index (χ3v) is 6.64. The standard InChI is InChI=1S/C25H32FN3O5/c1-13-20-17(22(30)18(23(31)32)12-29(20)16-6-7-16)10-19(26)21(13)28-9-8-15(11-28)14(2)27-24(33)34-25(3,4)5/h10,12,14-16H,6-9,11H2,1-5H3,(H,27,33)(H,31,32)/t14-,15+/m0/s1. The van der Waals surface area contributed by atoms with Crippen LogP contribution in [0.5, 0.6) is 0 Å². The van der Waals surface area contributed by atoms with E-state index in [9.17, 15) is 19.5 Å². The van der Waals surface area contributed by atoms with Crippen LogP contribution in [0, 0.1) is 18.7 Å². The molecule has 1 saturated carbocycles. The summed E-state index contributed by atoms with van der Waals surface area (Å²) in [5, 5.41) is 12.5. The molecule has 2 atom stereocenters. The summed E-state index contributed by atoms with van der Waals surface area (Å²) < 4.78 is 22.6. The Balaban J connectivity index is 1.65. The number of carbonyl (C=O) groups is 2. The van der Waals surface area contributed by atoms with Crippen LogP contribution in [0.1, 0.15) is 68.9 Å². The average molecular weight is 474 g/mol. The number of nitrogens with zero attached hydrogens (tertiary/aromatic N) is 2. The maximum atomic E-state index is 15.4. The summed E-state index contributed by atoms with van der Waals surface area (Å²) >= 11 is 0. The zero-order chi connectivity index (χ0) is 24.9. The van der Waals surface area contributed by atoms with Crippen molar-refractivity contribution in [3.8, 4) is 0 Å². The van der Waals surface area contributed by atoms with E-state index in [0.29, 0.717) is 29.9 Å². The van der Waals surface area contributed by atoms with Gasteiger partial charge in [0.05, 0.1) is 11.2 Å². The van der Waals surface area contributed by atoms with Crippen LogP contribution in [0.4, 0.5) is 14.9 Å². The first-order valence-electron chi connectivity index (χ1n) is 11.7.